The molecule has 3 rings (SSSR count). The van der Waals surface area contributed by atoms with Crippen LogP contribution >= 0.6 is 0 Å². The van der Waals surface area contributed by atoms with Gasteiger partial charge in [0.15, 0.2) is 0 Å². The normalized spacial score (nSPS) is 21.8. The molecular weight excluding hydrogens is 242 g/mol. The molecule has 2 unspecified atom stereocenters. The molecule has 2 N–H and O–H groups in total. The van der Waals surface area contributed by atoms with Gasteiger partial charge in [-0.25, -0.2) is 4.98 Å². The smallest absolute Gasteiger partial charge is 0.263 e. The fourth-order valence-electron chi connectivity index (χ4n) is 2.89. The van der Waals surface area contributed by atoms with Gasteiger partial charge in [-0.05, 0) is 33.1 Å². The van der Waals surface area contributed by atoms with Crippen LogP contribution in [-0.2, 0) is 0 Å². The van der Waals surface area contributed by atoms with Crippen LogP contribution in [0.3, 0.4) is 0 Å². The van der Waals surface area contributed by atoms with E-state index in [-0.39, 0.29) is 6.04 Å². The minimum Gasteiger partial charge on any atom is -0.351 e. The zero-order valence-corrected chi connectivity index (χ0v) is 11.3. The van der Waals surface area contributed by atoms with E-state index in [1.54, 1.807) is 0 Å². The highest BCUT2D eigenvalue weighted by Crippen LogP contribution is 2.31. The van der Waals surface area contributed by atoms with Crippen LogP contribution in [0.4, 0.5) is 5.82 Å². The van der Waals surface area contributed by atoms with E-state index in [4.69, 9.17) is 10.3 Å². The first-order chi connectivity index (χ1) is 9.18. The van der Waals surface area contributed by atoms with Crippen LogP contribution in [0.2, 0.25) is 0 Å². The van der Waals surface area contributed by atoms with E-state index in [2.05, 4.69) is 26.9 Å². The van der Waals surface area contributed by atoms with Crippen molar-refractivity contribution in [2.75, 3.05) is 11.4 Å². The molecular formula is C13H19N5O. The SMILES string of the molecule is Cc1noc2ncnc(N3CCCCC3C(C)N)c12. The standard InChI is InChI=1S/C13H19N5O/c1-8(14)10-5-3-4-6-18(10)12-11-9(2)17-19-13(11)16-7-15-12/h7-8,10H,3-6,14H2,1-2H3. The van der Waals surface area contributed by atoms with Gasteiger partial charge in [0.2, 0.25) is 0 Å². The Balaban J connectivity index is 2.09. The number of aryl methyl sites for hydroxylation is 1. The highest BCUT2D eigenvalue weighted by molar-refractivity contribution is 5.88. The lowest BCUT2D eigenvalue weighted by atomic mass is 9.96. The van der Waals surface area contributed by atoms with Crippen molar-refractivity contribution in [2.24, 2.45) is 5.73 Å². The first-order valence-corrected chi connectivity index (χ1v) is 6.77. The summed E-state index contributed by atoms with van der Waals surface area (Å²) in [6.07, 6.45) is 5.03. The van der Waals surface area contributed by atoms with Gasteiger partial charge >= 0.3 is 0 Å². The molecule has 6 nitrogen and oxygen atoms in total. The Morgan fingerprint density at radius 2 is 2.26 bits per heavy atom. The van der Waals surface area contributed by atoms with E-state index < -0.39 is 0 Å². The molecule has 0 amide bonds. The monoisotopic (exact) mass is 261 g/mol. The topological polar surface area (TPSA) is 81.1 Å². The Labute approximate surface area is 112 Å². The molecule has 0 bridgehead atoms. The van der Waals surface area contributed by atoms with Gasteiger partial charge in [0.05, 0.1) is 5.69 Å². The Morgan fingerprint density at radius 3 is 3.05 bits per heavy atom. The van der Waals surface area contributed by atoms with E-state index in [9.17, 15) is 0 Å². The molecule has 0 spiro atoms. The van der Waals surface area contributed by atoms with E-state index in [1.807, 2.05) is 6.92 Å². The molecule has 102 valence electrons. The van der Waals surface area contributed by atoms with Gasteiger partial charge in [-0.15, -0.1) is 0 Å². The van der Waals surface area contributed by atoms with Crippen LogP contribution in [0.25, 0.3) is 11.1 Å². The number of nitrogens with two attached hydrogens (primary N) is 1. The summed E-state index contributed by atoms with van der Waals surface area (Å²) < 4.78 is 5.22. The third-order valence-corrected chi connectivity index (χ3v) is 3.85. The second-order valence-electron chi connectivity index (χ2n) is 5.26. The largest absolute Gasteiger partial charge is 0.351 e. The number of anilines is 1. The average molecular weight is 261 g/mol. The molecule has 3 heterocycles. The van der Waals surface area contributed by atoms with Crippen molar-refractivity contribution < 1.29 is 4.52 Å². The maximum atomic E-state index is 6.13. The predicted octanol–water partition coefficient (Wildman–Crippen LogP) is 1.63. The lowest BCUT2D eigenvalue weighted by Crippen LogP contribution is -2.49. The zero-order valence-electron chi connectivity index (χ0n) is 11.3. The molecule has 1 saturated heterocycles. The van der Waals surface area contributed by atoms with E-state index in [0.29, 0.717) is 11.8 Å². The summed E-state index contributed by atoms with van der Waals surface area (Å²) in [5.41, 5.74) is 7.51. The van der Waals surface area contributed by atoms with Crippen molar-refractivity contribution in [2.45, 2.75) is 45.2 Å². The number of aromatic nitrogens is 3. The fourth-order valence-corrected chi connectivity index (χ4v) is 2.89. The Morgan fingerprint density at radius 1 is 1.42 bits per heavy atom. The third-order valence-electron chi connectivity index (χ3n) is 3.85. The molecule has 2 atom stereocenters. The summed E-state index contributed by atoms with van der Waals surface area (Å²) in [7, 11) is 0. The first-order valence-electron chi connectivity index (χ1n) is 6.77. The second-order valence-corrected chi connectivity index (χ2v) is 5.26. The van der Waals surface area contributed by atoms with Gasteiger partial charge in [0, 0.05) is 18.6 Å². The van der Waals surface area contributed by atoms with E-state index in [1.165, 1.54) is 19.2 Å². The number of rotatable bonds is 2. The van der Waals surface area contributed by atoms with Crippen molar-refractivity contribution in [3.05, 3.63) is 12.0 Å². The van der Waals surface area contributed by atoms with Gasteiger partial charge in [-0.2, -0.15) is 4.98 Å². The Hall–Kier alpha value is -1.69. The minimum absolute atomic E-state index is 0.116. The third kappa shape index (κ3) is 2.06. The van der Waals surface area contributed by atoms with Gasteiger partial charge in [-0.1, -0.05) is 5.16 Å². The zero-order chi connectivity index (χ0) is 13.4. The molecule has 1 aliphatic heterocycles. The van der Waals surface area contributed by atoms with Crippen molar-refractivity contribution in [3.8, 4) is 0 Å². The molecule has 1 aliphatic rings. The predicted molar refractivity (Wildman–Crippen MR) is 73.0 cm³/mol. The minimum atomic E-state index is 0.116. The summed E-state index contributed by atoms with van der Waals surface area (Å²) in [5.74, 6) is 0.908. The quantitative estimate of drug-likeness (QED) is 0.885. The molecule has 0 radical (unpaired) electrons. The Bertz CT molecular complexity index is 579. The summed E-state index contributed by atoms with van der Waals surface area (Å²) in [6, 6.07) is 0.437. The lowest BCUT2D eigenvalue weighted by molar-refractivity contribution is 0.411. The highest BCUT2D eigenvalue weighted by atomic mass is 16.5. The molecule has 19 heavy (non-hydrogen) atoms. The summed E-state index contributed by atoms with van der Waals surface area (Å²) in [5, 5.41) is 4.90. The van der Waals surface area contributed by atoms with Crippen molar-refractivity contribution in [1.29, 1.82) is 0 Å². The molecule has 2 aromatic heterocycles. The van der Waals surface area contributed by atoms with Crippen LogP contribution in [0.5, 0.6) is 0 Å². The number of hydrogen-bond donors (Lipinski definition) is 1. The maximum absolute atomic E-state index is 6.13. The second kappa shape index (κ2) is 4.77. The summed E-state index contributed by atoms with van der Waals surface area (Å²) in [4.78, 5) is 10.9. The molecule has 1 fully saturated rings. The number of piperidine rings is 1. The molecule has 2 aromatic rings. The molecule has 0 aromatic carbocycles. The van der Waals surface area contributed by atoms with Crippen LogP contribution in [-0.4, -0.2) is 33.8 Å². The molecule has 0 saturated carbocycles. The van der Waals surface area contributed by atoms with E-state index in [0.717, 1.165) is 29.9 Å². The maximum Gasteiger partial charge on any atom is 0.263 e. The number of nitrogens with zero attached hydrogens (tertiary/aromatic N) is 4. The molecule has 6 heteroatoms. The average Bonchev–Trinajstić information content (AvgIpc) is 2.81. The van der Waals surface area contributed by atoms with Crippen LogP contribution in [0.15, 0.2) is 10.9 Å². The van der Waals surface area contributed by atoms with Crippen LogP contribution < -0.4 is 10.6 Å². The first kappa shape index (κ1) is 12.3. The van der Waals surface area contributed by atoms with Crippen LogP contribution in [0.1, 0.15) is 31.9 Å². The van der Waals surface area contributed by atoms with Gasteiger partial charge in [0.25, 0.3) is 5.71 Å². The van der Waals surface area contributed by atoms with Crippen molar-refractivity contribution >= 4 is 16.9 Å². The van der Waals surface area contributed by atoms with Crippen molar-refractivity contribution in [1.82, 2.24) is 15.1 Å². The summed E-state index contributed by atoms with van der Waals surface area (Å²) >= 11 is 0. The number of fused-ring (bicyclic) bond motifs is 1. The van der Waals surface area contributed by atoms with Crippen molar-refractivity contribution in [3.63, 3.8) is 0 Å². The summed E-state index contributed by atoms with van der Waals surface area (Å²) in [6.45, 7) is 4.95. The Kier molecular flexibility index (Phi) is 3.10. The van der Waals surface area contributed by atoms with E-state index >= 15 is 0 Å². The highest BCUT2D eigenvalue weighted by Gasteiger charge is 2.29. The van der Waals surface area contributed by atoms with Gasteiger partial charge in [0.1, 0.15) is 17.5 Å². The number of hydrogen-bond acceptors (Lipinski definition) is 6. The van der Waals surface area contributed by atoms with Gasteiger partial charge in [-0.3, -0.25) is 0 Å². The molecule has 0 aliphatic carbocycles. The fraction of sp³-hybridized carbons (Fsp3) is 0.615. The van der Waals surface area contributed by atoms with Crippen LogP contribution in [0, 0.1) is 6.92 Å². The lowest BCUT2D eigenvalue weighted by Gasteiger charge is -2.39. The van der Waals surface area contributed by atoms with Gasteiger partial charge < -0.3 is 15.2 Å².